The van der Waals surface area contributed by atoms with E-state index in [0.717, 1.165) is 42.7 Å². The quantitative estimate of drug-likeness (QED) is 0.632. The molecule has 0 N–H and O–H groups in total. The largest absolute Gasteiger partial charge is 0.193 e. The second-order valence-corrected chi connectivity index (χ2v) is 4.87. The lowest BCUT2D eigenvalue weighted by molar-refractivity contribution is 0.368. The third-order valence-electron chi connectivity index (χ3n) is 3.60. The van der Waals surface area contributed by atoms with Crippen molar-refractivity contribution in [2.45, 2.75) is 58.8 Å². The summed E-state index contributed by atoms with van der Waals surface area (Å²) in [6.45, 7) is 4.28. The summed E-state index contributed by atoms with van der Waals surface area (Å²) in [7, 11) is 0. The van der Waals surface area contributed by atoms with E-state index in [1.807, 2.05) is 0 Å². The summed E-state index contributed by atoms with van der Waals surface area (Å²) >= 11 is 6.45. The van der Waals surface area contributed by atoms with Crippen molar-refractivity contribution in [3.63, 3.8) is 0 Å². The summed E-state index contributed by atoms with van der Waals surface area (Å²) < 4.78 is 0. The van der Waals surface area contributed by atoms with Gasteiger partial charge < -0.3 is 0 Å². The molecule has 15 heavy (non-hydrogen) atoms. The molecule has 0 saturated heterocycles. The van der Waals surface area contributed by atoms with E-state index < -0.39 is 0 Å². The first-order valence-corrected chi connectivity index (χ1v) is 6.37. The smallest absolute Gasteiger partial charge is 0.0959 e. The Morgan fingerprint density at radius 1 is 1.33 bits per heavy atom. The van der Waals surface area contributed by atoms with E-state index in [1.165, 1.54) is 12.8 Å². The van der Waals surface area contributed by atoms with Crippen LogP contribution in [0.25, 0.3) is 0 Å². The van der Waals surface area contributed by atoms with Crippen molar-refractivity contribution >= 4 is 11.6 Å². The molecule has 84 valence electrons. The van der Waals surface area contributed by atoms with Crippen LogP contribution in [-0.2, 0) is 0 Å². The van der Waals surface area contributed by atoms with Gasteiger partial charge in [-0.25, -0.2) is 0 Å². The SMILES string of the molecule is CCCC(C#N)=C(Cl)C1(CC)CCCC1. The molecule has 0 amide bonds. The van der Waals surface area contributed by atoms with Gasteiger partial charge in [0.1, 0.15) is 0 Å². The molecular weight excluding hydrogens is 206 g/mol. The van der Waals surface area contributed by atoms with Crippen molar-refractivity contribution < 1.29 is 0 Å². The molecule has 1 fully saturated rings. The summed E-state index contributed by atoms with van der Waals surface area (Å²) in [4.78, 5) is 0. The molecule has 0 bridgehead atoms. The summed E-state index contributed by atoms with van der Waals surface area (Å²) in [5, 5.41) is 9.97. The summed E-state index contributed by atoms with van der Waals surface area (Å²) in [5.41, 5.74) is 0.963. The predicted octanol–water partition coefficient (Wildman–Crippen LogP) is 4.77. The summed E-state index contributed by atoms with van der Waals surface area (Å²) in [6.07, 6.45) is 7.75. The first-order valence-electron chi connectivity index (χ1n) is 5.99. The normalized spacial score (nSPS) is 20.9. The Bertz CT molecular complexity index is 279. The lowest BCUT2D eigenvalue weighted by Crippen LogP contribution is -2.16. The van der Waals surface area contributed by atoms with Gasteiger partial charge >= 0.3 is 0 Å². The summed E-state index contributed by atoms with van der Waals surface area (Å²) in [6, 6.07) is 2.29. The highest BCUT2D eigenvalue weighted by molar-refractivity contribution is 6.31. The van der Waals surface area contributed by atoms with Gasteiger partial charge in [-0.05, 0) is 25.7 Å². The van der Waals surface area contributed by atoms with Gasteiger partial charge in [-0.3, -0.25) is 0 Å². The highest BCUT2D eigenvalue weighted by Crippen LogP contribution is 2.49. The van der Waals surface area contributed by atoms with E-state index in [1.54, 1.807) is 0 Å². The molecule has 1 rings (SSSR count). The Kier molecular flexibility index (Phi) is 4.67. The van der Waals surface area contributed by atoms with Crippen LogP contribution in [-0.4, -0.2) is 0 Å². The Labute approximate surface area is 98.1 Å². The number of rotatable bonds is 4. The molecule has 2 heteroatoms. The minimum Gasteiger partial charge on any atom is -0.193 e. The second-order valence-electron chi connectivity index (χ2n) is 4.50. The number of hydrogen-bond acceptors (Lipinski definition) is 1. The van der Waals surface area contributed by atoms with Gasteiger partial charge in [0.25, 0.3) is 0 Å². The highest BCUT2D eigenvalue weighted by atomic mass is 35.5. The maximum absolute atomic E-state index is 9.11. The molecule has 0 aromatic carbocycles. The molecule has 0 heterocycles. The number of allylic oxidation sites excluding steroid dienone is 2. The molecule has 0 aromatic heterocycles. The summed E-state index contributed by atoms with van der Waals surface area (Å²) in [5.74, 6) is 0. The fraction of sp³-hybridized carbons (Fsp3) is 0.769. The van der Waals surface area contributed by atoms with Crippen LogP contribution in [0, 0.1) is 16.7 Å². The fourth-order valence-electron chi connectivity index (χ4n) is 2.56. The lowest BCUT2D eigenvalue weighted by atomic mass is 9.81. The molecule has 0 unspecified atom stereocenters. The van der Waals surface area contributed by atoms with Gasteiger partial charge in [0, 0.05) is 16.0 Å². The third kappa shape index (κ3) is 2.55. The highest BCUT2D eigenvalue weighted by Gasteiger charge is 2.36. The number of halogens is 1. The van der Waals surface area contributed by atoms with Gasteiger partial charge in [-0.1, -0.05) is 44.7 Å². The minimum absolute atomic E-state index is 0.141. The van der Waals surface area contributed by atoms with Crippen molar-refractivity contribution in [2.75, 3.05) is 0 Å². The van der Waals surface area contributed by atoms with Crippen LogP contribution in [0.15, 0.2) is 10.6 Å². The molecule has 1 saturated carbocycles. The van der Waals surface area contributed by atoms with E-state index in [9.17, 15) is 0 Å². The van der Waals surface area contributed by atoms with Crippen molar-refractivity contribution in [1.82, 2.24) is 0 Å². The first kappa shape index (κ1) is 12.6. The molecule has 1 nitrogen and oxygen atoms in total. The van der Waals surface area contributed by atoms with Gasteiger partial charge in [0.15, 0.2) is 0 Å². The van der Waals surface area contributed by atoms with Gasteiger partial charge in [-0.15, -0.1) is 0 Å². The average Bonchev–Trinajstić information content (AvgIpc) is 2.74. The average molecular weight is 226 g/mol. The van der Waals surface area contributed by atoms with Crippen LogP contribution in [0.4, 0.5) is 0 Å². The predicted molar refractivity (Wildman–Crippen MR) is 64.6 cm³/mol. The van der Waals surface area contributed by atoms with Crippen LogP contribution in [0.2, 0.25) is 0 Å². The lowest BCUT2D eigenvalue weighted by Gasteiger charge is -2.28. The third-order valence-corrected chi connectivity index (χ3v) is 4.23. The fourth-order valence-corrected chi connectivity index (χ4v) is 3.02. The van der Waals surface area contributed by atoms with Crippen LogP contribution in [0.1, 0.15) is 58.8 Å². The van der Waals surface area contributed by atoms with Crippen molar-refractivity contribution in [3.8, 4) is 6.07 Å². The molecular formula is C13H20ClN. The second kappa shape index (κ2) is 5.56. The van der Waals surface area contributed by atoms with E-state index in [-0.39, 0.29) is 5.41 Å². The maximum atomic E-state index is 9.11. The standard InChI is InChI=1S/C13H20ClN/c1-3-7-11(10-15)12(14)13(4-2)8-5-6-9-13/h3-9H2,1-2H3. The zero-order valence-corrected chi connectivity index (χ0v) is 10.5. The first-order chi connectivity index (χ1) is 7.20. The molecule has 1 aliphatic rings. The maximum Gasteiger partial charge on any atom is 0.0959 e. The van der Waals surface area contributed by atoms with Crippen LogP contribution >= 0.6 is 11.6 Å². The van der Waals surface area contributed by atoms with E-state index in [2.05, 4.69) is 19.9 Å². The van der Waals surface area contributed by atoms with Crippen LogP contribution in [0.3, 0.4) is 0 Å². The van der Waals surface area contributed by atoms with Crippen LogP contribution < -0.4 is 0 Å². The molecule has 0 aliphatic heterocycles. The van der Waals surface area contributed by atoms with E-state index in [0.29, 0.717) is 0 Å². The Morgan fingerprint density at radius 2 is 1.93 bits per heavy atom. The Morgan fingerprint density at radius 3 is 2.33 bits per heavy atom. The van der Waals surface area contributed by atoms with Crippen molar-refractivity contribution in [2.24, 2.45) is 5.41 Å². The van der Waals surface area contributed by atoms with Crippen molar-refractivity contribution in [1.29, 1.82) is 5.26 Å². The Balaban J connectivity index is 2.97. The minimum atomic E-state index is 0.141. The van der Waals surface area contributed by atoms with Gasteiger partial charge in [-0.2, -0.15) is 5.26 Å². The molecule has 0 atom stereocenters. The van der Waals surface area contributed by atoms with E-state index in [4.69, 9.17) is 16.9 Å². The number of hydrogen-bond donors (Lipinski definition) is 0. The Hall–Kier alpha value is -0.480. The monoisotopic (exact) mass is 225 g/mol. The molecule has 0 spiro atoms. The number of nitrogens with zero attached hydrogens (tertiary/aromatic N) is 1. The molecule has 1 aliphatic carbocycles. The molecule has 0 aromatic rings. The number of nitriles is 1. The molecule has 0 radical (unpaired) electrons. The zero-order chi connectivity index (χ0) is 11.3. The van der Waals surface area contributed by atoms with Gasteiger partial charge in [0.2, 0.25) is 0 Å². The van der Waals surface area contributed by atoms with Gasteiger partial charge in [0.05, 0.1) is 6.07 Å². The van der Waals surface area contributed by atoms with Crippen LogP contribution in [0.5, 0.6) is 0 Å². The topological polar surface area (TPSA) is 23.8 Å². The van der Waals surface area contributed by atoms with Crippen molar-refractivity contribution in [3.05, 3.63) is 10.6 Å². The van der Waals surface area contributed by atoms with E-state index >= 15 is 0 Å². The zero-order valence-electron chi connectivity index (χ0n) is 9.77.